The fourth-order valence-corrected chi connectivity index (χ4v) is 6.22. The second-order valence-corrected chi connectivity index (χ2v) is 14.3. The molecule has 5 aromatic carbocycles. The third-order valence-corrected chi connectivity index (χ3v) is 8.88. The van der Waals surface area contributed by atoms with Gasteiger partial charge in [0.15, 0.2) is 0 Å². The molecule has 9 nitrogen and oxygen atoms in total. The summed E-state index contributed by atoms with van der Waals surface area (Å²) in [5, 5.41) is 14.4. The van der Waals surface area contributed by atoms with E-state index >= 15 is 0 Å². The van der Waals surface area contributed by atoms with Gasteiger partial charge >= 0.3 is 5.97 Å². The van der Waals surface area contributed by atoms with E-state index in [1.165, 1.54) is 0 Å². The van der Waals surface area contributed by atoms with Crippen molar-refractivity contribution >= 4 is 21.7 Å². The van der Waals surface area contributed by atoms with Crippen LogP contribution in [-0.4, -0.2) is 44.9 Å². The third-order valence-electron chi connectivity index (χ3n) is 8.29. The zero-order valence-electron chi connectivity index (χ0n) is 29.3. The van der Waals surface area contributed by atoms with Crippen LogP contribution in [0.15, 0.2) is 115 Å². The van der Waals surface area contributed by atoms with Crippen LogP contribution >= 0.6 is 0 Å². The van der Waals surface area contributed by atoms with E-state index in [2.05, 4.69) is 22.2 Å². The lowest BCUT2D eigenvalue weighted by Gasteiger charge is -2.23. The Bertz CT molecular complexity index is 2000. The molecule has 266 valence electrons. The van der Waals surface area contributed by atoms with E-state index in [0.717, 1.165) is 45.4 Å². The molecule has 10 heteroatoms. The van der Waals surface area contributed by atoms with E-state index < -0.39 is 16.1 Å². The number of sulfonamides is 1. The predicted molar refractivity (Wildman–Crippen MR) is 201 cm³/mol. The normalized spacial score (nSPS) is 12.5. The second kappa shape index (κ2) is 17.2. The number of carbonyl (C=O) groups excluding carboxylic acids is 1. The number of nitrogens with one attached hydrogen (secondary N) is 2. The molecule has 5 rings (SSSR count). The number of rotatable bonds is 16. The Morgan fingerprint density at radius 3 is 1.98 bits per heavy atom. The molecule has 0 saturated heterocycles. The number of aliphatic hydroxyl groups is 1. The van der Waals surface area contributed by atoms with Crippen LogP contribution in [0.1, 0.15) is 51.2 Å². The average molecular weight is 709 g/mol. The minimum absolute atomic E-state index is 0.224. The van der Waals surface area contributed by atoms with Gasteiger partial charge in [0, 0.05) is 12.6 Å². The molecule has 0 spiro atoms. The first kappa shape index (κ1) is 37.1. The van der Waals surface area contributed by atoms with Gasteiger partial charge in [-0.05, 0) is 96.1 Å². The molecule has 0 fully saturated rings. The summed E-state index contributed by atoms with van der Waals surface area (Å²) in [6.45, 7) is 7.17. The minimum atomic E-state index is -3.59. The number of aliphatic hydroxyl groups excluding tert-OH is 1. The molecule has 2 atom stereocenters. The molecule has 0 aliphatic heterocycles. The van der Waals surface area contributed by atoms with Crippen molar-refractivity contribution in [2.75, 3.05) is 24.1 Å². The standard InChI is InChI=1S/C41H44N2O7S/c1-28-23-36(33-15-17-34(18-16-33)41(45)50-27-32-13-9-6-10-14-32)24-29(2)40(28)48-22-21-42-30(3)39(44)35-19-20-38(37(25-35)43-51(4,46)47)49-26-31-11-7-5-8-12-31/h5-20,23-25,30,39,42-44H,21-22,26-27H2,1-4H3/t30-,39-/m0/s1. The number of hydrogen-bond acceptors (Lipinski definition) is 8. The molecular weight excluding hydrogens is 665 g/mol. The first-order valence-corrected chi connectivity index (χ1v) is 18.6. The summed E-state index contributed by atoms with van der Waals surface area (Å²) >= 11 is 0. The number of esters is 1. The van der Waals surface area contributed by atoms with Crippen LogP contribution in [0.25, 0.3) is 11.1 Å². The van der Waals surface area contributed by atoms with Crippen molar-refractivity contribution in [3.8, 4) is 22.6 Å². The lowest BCUT2D eigenvalue weighted by atomic mass is 9.99. The van der Waals surface area contributed by atoms with E-state index in [0.29, 0.717) is 30.0 Å². The number of benzene rings is 5. The molecule has 0 saturated carbocycles. The van der Waals surface area contributed by atoms with Crippen LogP contribution in [0.2, 0.25) is 0 Å². The maximum absolute atomic E-state index is 12.5. The Balaban J connectivity index is 1.14. The Labute approximate surface area is 300 Å². The summed E-state index contributed by atoms with van der Waals surface area (Å²) in [6.07, 6.45) is 0.150. The number of carbonyl (C=O) groups is 1. The van der Waals surface area contributed by atoms with Crippen LogP contribution in [0, 0.1) is 13.8 Å². The van der Waals surface area contributed by atoms with Crippen LogP contribution in [0.3, 0.4) is 0 Å². The molecule has 0 aliphatic carbocycles. The minimum Gasteiger partial charge on any atom is -0.492 e. The first-order chi connectivity index (χ1) is 24.5. The van der Waals surface area contributed by atoms with E-state index in [4.69, 9.17) is 14.2 Å². The summed E-state index contributed by atoms with van der Waals surface area (Å²) in [7, 11) is -3.59. The smallest absolute Gasteiger partial charge is 0.338 e. The van der Waals surface area contributed by atoms with Crippen molar-refractivity contribution in [2.24, 2.45) is 0 Å². The highest BCUT2D eigenvalue weighted by molar-refractivity contribution is 7.92. The van der Waals surface area contributed by atoms with Gasteiger partial charge in [-0.25, -0.2) is 13.2 Å². The molecule has 0 unspecified atom stereocenters. The fourth-order valence-electron chi connectivity index (χ4n) is 5.66. The van der Waals surface area contributed by atoms with Crippen molar-refractivity contribution in [1.82, 2.24) is 5.32 Å². The van der Waals surface area contributed by atoms with Crippen LogP contribution in [-0.2, 0) is 28.0 Å². The second-order valence-electron chi connectivity index (χ2n) is 12.5. The van der Waals surface area contributed by atoms with E-state index in [1.54, 1.807) is 30.3 Å². The molecule has 3 N–H and O–H groups in total. The summed E-state index contributed by atoms with van der Waals surface area (Å²) in [5.74, 6) is 0.785. The van der Waals surface area contributed by atoms with E-state index in [-0.39, 0.29) is 30.9 Å². The van der Waals surface area contributed by atoms with Crippen LogP contribution < -0.4 is 19.5 Å². The molecule has 0 amide bonds. The predicted octanol–water partition coefficient (Wildman–Crippen LogP) is 7.37. The summed E-state index contributed by atoms with van der Waals surface area (Å²) in [4.78, 5) is 12.5. The van der Waals surface area contributed by atoms with Crippen molar-refractivity contribution in [2.45, 2.75) is 46.1 Å². The maximum Gasteiger partial charge on any atom is 0.338 e. The zero-order chi connectivity index (χ0) is 36.4. The van der Waals surface area contributed by atoms with Gasteiger partial charge in [0.05, 0.1) is 23.6 Å². The molecule has 0 radical (unpaired) electrons. The van der Waals surface area contributed by atoms with Crippen LogP contribution in [0.5, 0.6) is 11.5 Å². The highest BCUT2D eigenvalue weighted by atomic mass is 32.2. The Hall–Kier alpha value is -5.16. The molecule has 5 aromatic rings. The average Bonchev–Trinajstić information content (AvgIpc) is 3.12. The van der Waals surface area contributed by atoms with Crippen molar-refractivity contribution < 1.29 is 32.5 Å². The molecule has 0 bridgehead atoms. The fraction of sp³-hybridized carbons (Fsp3) is 0.244. The van der Waals surface area contributed by atoms with Crippen molar-refractivity contribution in [3.05, 3.63) is 149 Å². The monoisotopic (exact) mass is 708 g/mol. The van der Waals surface area contributed by atoms with E-state index in [1.807, 2.05) is 93.6 Å². The van der Waals surface area contributed by atoms with Gasteiger partial charge in [-0.1, -0.05) is 78.9 Å². The largest absolute Gasteiger partial charge is 0.492 e. The van der Waals surface area contributed by atoms with Crippen LogP contribution in [0.4, 0.5) is 5.69 Å². The lowest BCUT2D eigenvalue weighted by molar-refractivity contribution is 0.0472. The molecule has 0 aromatic heterocycles. The number of hydrogen-bond donors (Lipinski definition) is 3. The van der Waals surface area contributed by atoms with Gasteiger partial charge in [0.1, 0.15) is 31.3 Å². The summed E-state index contributed by atoms with van der Waals surface area (Å²) < 4.78 is 44.2. The highest BCUT2D eigenvalue weighted by Crippen LogP contribution is 2.32. The highest BCUT2D eigenvalue weighted by Gasteiger charge is 2.19. The molecule has 0 aliphatic rings. The number of ether oxygens (including phenoxy) is 3. The van der Waals surface area contributed by atoms with Crippen molar-refractivity contribution in [1.29, 1.82) is 0 Å². The number of anilines is 1. The summed E-state index contributed by atoms with van der Waals surface area (Å²) in [5.41, 5.74) is 7.10. The Morgan fingerprint density at radius 1 is 0.765 bits per heavy atom. The summed E-state index contributed by atoms with van der Waals surface area (Å²) in [6, 6.07) is 35.3. The maximum atomic E-state index is 12.5. The molecule has 0 heterocycles. The number of aryl methyl sites for hydroxylation is 2. The van der Waals surface area contributed by atoms with Gasteiger partial charge in [-0.15, -0.1) is 0 Å². The Morgan fingerprint density at radius 2 is 1.37 bits per heavy atom. The quantitative estimate of drug-likeness (QED) is 0.0718. The van der Waals surface area contributed by atoms with Gasteiger partial charge in [0.2, 0.25) is 10.0 Å². The van der Waals surface area contributed by atoms with Gasteiger partial charge in [0.25, 0.3) is 0 Å². The zero-order valence-corrected chi connectivity index (χ0v) is 30.1. The van der Waals surface area contributed by atoms with E-state index in [9.17, 15) is 18.3 Å². The van der Waals surface area contributed by atoms with Gasteiger partial charge < -0.3 is 24.6 Å². The first-order valence-electron chi connectivity index (χ1n) is 16.7. The van der Waals surface area contributed by atoms with Gasteiger partial charge in [-0.3, -0.25) is 4.72 Å². The third kappa shape index (κ3) is 10.7. The lowest BCUT2D eigenvalue weighted by Crippen LogP contribution is -2.35. The van der Waals surface area contributed by atoms with Gasteiger partial charge in [-0.2, -0.15) is 0 Å². The Kier molecular flexibility index (Phi) is 12.5. The molecular formula is C41H44N2O7S. The molecule has 51 heavy (non-hydrogen) atoms. The topological polar surface area (TPSA) is 123 Å². The van der Waals surface area contributed by atoms with Crippen molar-refractivity contribution in [3.63, 3.8) is 0 Å². The SMILES string of the molecule is Cc1cc(-c2ccc(C(=O)OCc3ccccc3)cc2)cc(C)c1OCCN[C@@H](C)[C@H](O)c1ccc(OCc2ccccc2)c(NS(C)(=O)=O)c1.